The number of nitrogens with one attached hydrogen (secondary N) is 1. The van der Waals surface area contributed by atoms with Crippen molar-refractivity contribution in [3.05, 3.63) is 53.9 Å². The molecule has 0 spiro atoms. The zero-order chi connectivity index (χ0) is 18.0. The van der Waals surface area contributed by atoms with Gasteiger partial charge in [-0.3, -0.25) is 4.79 Å². The molecule has 3 aromatic rings. The van der Waals surface area contributed by atoms with Crippen LogP contribution in [-0.4, -0.2) is 20.2 Å². The van der Waals surface area contributed by atoms with Crippen molar-refractivity contribution in [1.29, 1.82) is 0 Å². The Morgan fingerprint density at radius 3 is 2.58 bits per heavy atom. The number of thiol groups is 1. The number of carbonyl (C=O) groups excluding carboxylic acids is 1. The van der Waals surface area contributed by atoms with Crippen molar-refractivity contribution in [3.63, 3.8) is 0 Å². The van der Waals surface area contributed by atoms with Crippen molar-refractivity contribution in [2.45, 2.75) is 26.4 Å². The molecule has 0 saturated heterocycles. The summed E-state index contributed by atoms with van der Waals surface area (Å²) in [6, 6.07) is 12.7. The van der Waals surface area contributed by atoms with Gasteiger partial charge in [-0.25, -0.2) is 4.98 Å². The fraction of sp³-hybridized carbons (Fsp3) is 0.263. The molecule has 2 atom stereocenters. The van der Waals surface area contributed by atoms with E-state index in [2.05, 4.69) is 22.6 Å². The zero-order valence-corrected chi connectivity index (χ0v) is 16.2. The number of phenolic OH excluding ortho intramolecular Hbond substituents is 1. The topological polar surface area (TPSA) is 75.2 Å². The van der Waals surface area contributed by atoms with Gasteiger partial charge in [0.1, 0.15) is 17.3 Å². The summed E-state index contributed by atoms with van der Waals surface area (Å²) in [5, 5.41) is 9.42. The molecule has 1 heterocycles. The lowest BCUT2D eigenvalue weighted by Crippen LogP contribution is -2.08. The number of carbonyl (C=O) groups is 1. The third kappa shape index (κ3) is 4.71. The number of benzene rings is 2. The second kappa shape index (κ2) is 8.47. The predicted molar refractivity (Wildman–Crippen MR) is 107 cm³/mol. The maximum absolute atomic E-state index is 11.2. The van der Waals surface area contributed by atoms with Crippen molar-refractivity contribution in [2.24, 2.45) is 5.92 Å². The third-order valence-electron chi connectivity index (χ3n) is 4.07. The summed E-state index contributed by atoms with van der Waals surface area (Å²) in [6.45, 7) is 3.77. The van der Waals surface area contributed by atoms with E-state index in [4.69, 9.17) is 4.74 Å². The Kier molecular flexibility index (Phi) is 6.56. The Labute approximate surface area is 163 Å². The van der Waals surface area contributed by atoms with Crippen LogP contribution in [0.3, 0.4) is 0 Å². The Morgan fingerprint density at radius 2 is 1.92 bits per heavy atom. The van der Waals surface area contributed by atoms with Crippen LogP contribution < -0.4 is 4.74 Å². The third-order valence-corrected chi connectivity index (χ3v) is 4.51. The summed E-state index contributed by atoms with van der Waals surface area (Å²) in [7, 11) is 0. The Hall–Kier alpha value is -2.18. The van der Waals surface area contributed by atoms with E-state index in [1.54, 1.807) is 18.2 Å². The molecule has 5 nitrogen and oxygen atoms in total. The van der Waals surface area contributed by atoms with Crippen LogP contribution in [0.4, 0.5) is 0 Å². The van der Waals surface area contributed by atoms with Gasteiger partial charge in [0.05, 0.1) is 11.0 Å². The molecule has 2 unspecified atom stereocenters. The molecule has 0 fully saturated rings. The highest BCUT2D eigenvalue weighted by molar-refractivity contribution is 7.96. The van der Waals surface area contributed by atoms with E-state index in [0.717, 1.165) is 22.3 Å². The lowest BCUT2D eigenvalue weighted by atomic mass is 10.0. The SMILES string of the molecule is CC(Cc1ccc(OC(C)c2nc3ccc(O)cc3[nH]2)cc1)C(=O)S.Cl. The monoisotopic (exact) mass is 392 g/mol. The molecule has 0 amide bonds. The number of aromatic nitrogens is 2. The summed E-state index contributed by atoms with van der Waals surface area (Å²) in [4.78, 5) is 18.9. The van der Waals surface area contributed by atoms with Crippen molar-refractivity contribution < 1.29 is 14.6 Å². The normalized spacial score (nSPS) is 13.0. The molecule has 0 aliphatic rings. The van der Waals surface area contributed by atoms with Gasteiger partial charge < -0.3 is 14.8 Å². The molecule has 7 heteroatoms. The maximum Gasteiger partial charge on any atom is 0.189 e. The molecule has 0 aliphatic carbocycles. The number of aromatic hydroxyl groups is 1. The number of hydrogen-bond donors (Lipinski definition) is 3. The molecule has 1 aromatic heterocycles. The lowest BCUT2D eigenvalue weighted by Gasteiger charge is -2.13. The highest BCUT2D eigenvalue weighted by Gasteiger charge is 2.14. The van der Waals surface area contributed by atoms with E-state index in [0.29, 0.717) is 12.2 Å². The van der Waals surface area contributed by atoms with Gasteiger partial charge in [0, 0.05) is 12.0 Å². The van der Waals surface area contributed by atoms with Crippen molar-refractivity contribution in [1.82, 2.24) is 9.97 Å². The molecule has 0 saturated carbocycles. The molecular formula is C19H21ClN2O3S. The van der Waals surface area contributed by atoms with Gasteiger partial charge in [-0.05, 0) is 43.2 Å². The Morgan fingerprint density at radius 1 is 1.23 bits per heavy atom. The summed E-state index contributed by atoms with van der Waals surface area (Å²) >= 11 is 3.87. The molecule has 0 bridgehead atoms. The van der Waals surface area contributed by atoms with Gasteiger partial charge in [-0.2, -0.15) is 0 Å². The smallest absolute Gasteiger partial charge is 0.189 e. The highest BCUT2D eigenvalue weighted by atomic mass is 35.5. The molecule has 0 aliphatic heterocycles. The van der Waals surface area contributed by atoms with Gasteiger partial charge in [-0.1, -0.05) is 19.1 Å². The number of imidazole rings is 1. The van der Waals surface area contributed by atoms with E-state index >= 15 is 0 Å². The molecule has 0 radical (unpaired) electrons. The number of nitrogens with zero attached hydrogens (tertiary/aromatic N) is 1. The second-order valence-electron chi connectivity index (χ2n) is 6.17. The van der Waals surface area contributed by atoms with E-state index in [1.165, 1.54) is 0 Å². The molecule has 138 valence electrons. The minimum absolute atomic E-state index is 0. The number of halogens is 1. The van der Waals surface area contributed by atoms with Gasteiger partial charge in [-0.15, -0.1) is 25.0 Å². The summed E-state index contributed by atoms with van der Waals surface area (Å²) < 4.78 is 5.93. The van der Waals surface area contributed by atoms with Crippen LogP contribution in [0.5, 0.6) is 11.5 Å². The Balaban J connectivity index is 0.00000243. The first-order chi connectivity index (χ1) is 11.9. The van der Waals surface area contributed by atoms with Gasteiger partial charge in [0.15, 0.2) is 11.2 Å². The predicted octanol–water partition coefficient (Wildman–Crippen LogP) is 4.47. The van der Waals surface area contributed by atoms with Crippen LogP contribution in [0.25, 0.3) is 11.0 Å². The van der Waals surface area contributed by atoms with E-state index in [9.17, 15) is 9.90 Å². The van der Waals surface area contributed by atoms with Gasteiger partial charge in [0.25, 0.3) is 0 Å². The minimum atomic E-state index is -0.265. The Bertz CT molecular complexity index is 895. The first-order valence-corrected chi connectivity index (χ1v) is 8.54. The van der Waals surface area contributed by atoms with Crippen LogP contribution in [0.15, 0.2) is 42.5 Å². The first kappa shape index (κ1) is 20.1. The average Bonchev–Trinajstić information content (AvgIpc) is 2.99. The van der Waals surface area contributed by atoms with Gasteiger partial charge in [0.2, 0.25) is 0 Å². The second-order valence-corrected chi connectivity index (χ2v) is 6.61. The van der Waals surface area contributed by atoms with E-state index in [-0.39, 0.29) is 35.3 Å². The van der Waals surface area contributed by atoms with Crippen LogP contribution in [0, 0.1) is 5.92 Å². The standard InChI is InChI=1S/C19H20N2O3S.ClH/c1-11(19(23)25)9-13-3-6-15(7-4-13)24-12(2)18-20-16-8-5-14(22)10-17(16)21-18;/h3-8,10-12,22H,9H2,1-2H3,(H,20,21)(H,23,25);1H. The fourth-order valence-corrected chi connectivity index (χ4v) is 2.71. The average molecular weight is 393 g/mol. The summed E-state index contributed by atoms with van der Waals surface area (Å²) in [6.07, 6.45) is 0.393. The molecule has 2 N–H and O–H groups in total. The number of phenols is 1. The van der Waals surface area contributed by atoms with Crippen LogP contribution >= 0.6 is 25.0 Å². The van der Waals surface area contributed by atoms with Crippen molar-refractivity contribution in [3.8, 4) is 11.5 Å². The summed E-state index contributed by atoms with van der Waals surface area (Å²) in [5.74, 6) is 1.50. The maximum atomic E-state index is 11.2. The molecule has 3 rings (SSSR count). The highest BCUT2D eigenvalue weighted by Crippen LogP contribution is 2.24. The number of hydrogen-bond acceptors (Lipinski definition) is 4. The van der Waals surface area contributed by atoms with Gasteiger partial charge >= 0.3 is 0 Å². The van der Waals surface area contributed by atoms with E-state index in [1.807, 2.05) is 38.1 Å². The number of ether oxygens (including phenoxy) is 1. The largest absolute Gasteiger partial charge is 0.508 e. The number of H-pyrrole nitrogens is 1. The van der Waals surface area contributed by atoms with Crippen LogP contribution in [0.1, 0.15) is 31.3 Å². The van der Waals surface area contributed by atoms with Crippen LogP contribution in [0.2, 0.25) is 0 Å². The first-order valence-electron chi connectivity index (χ1n) is 8.09. The van der Waals surface area contributed by atoms with Crippen molar-refractivity contribution in [2.75, 3.05) is 0 Å². The summed E-state index contributed by atoms with van der Waals surface area (Å²) in [5.41, 5.74) is 2.62. The van der Waals surface area contributed by atoms with E-state index < -0.39 is 0 Å². The molecule has 26 heavy (non-hydrogen) atoms. The number of fused-ring (bicyclic) bond motifs is 1. The van der Waals surface area contributed by atoms with Crippen LogP contribution in [-0.2, 0) is 11.2 Å². The number of rotatable bonds is 6. The number of aromatic amines is 1. The zero-order valence-electron chi connectivity index (χ0n) is 14.5. The quantitative estimate of drug-likeness (QED) is 0.541. The van der Waals surface area contributed by atoms with Crippen molar-refractivity contribution >= 4 is 41.2 Å². The molecule has 2 aromatic carbocycles. The molecular weight excluding hydrogens is 372 g/mol. The minimum Gasteiger partial charge on any atom is -0.508 e. The fourth-order valence-electron chi connectivity index (χ4n) is 2.61. The lowest BCUT2D eigenvalue weighted by molar-refractivity contribution is -0.113.